The van der Waals surface area contributed by atoms with Gasteiger partial charge in [0.05, 0.1) is 11.6 Å². The summed E-state index contributed by atoms with van der Waals surface area (Å²) < 4.78 is 1.43. The number of ketones is 1. The lowest BCUT2D eigenvalue weighted by Crippen LogP contribution is -2.30. The van der Waals surface area contributed by atoms with Crippen LogP contribution >= 0.6 is 0 Å². The summed E-state index contributed by atoms with van der Waals surface area (Å²) in [6.45, 7) is 0. The summed E-state index contributed by atoms with van der Waals surface area (Å²) in [6, 6.07) is 34.5. The summed E-state index contributed by atoms with van der Waals surface area (Å²) in [7, 11) is 5.58. The monoisotopic (exact) mass is 517 g/mol. The van der Waals surface area contributed by atoms with Crippen molar-refractivity contribution in [3.8, 4) is 5.75 Å². The van der Waals surface area contributed by atoms with Crippen molar-refractivity contribution in [2.45, 2.75) is 12.5 Å². The highest BCUT2D eigenvalue weighted by molar-refractivity contribution is 6.04. The third-order valence-electron chi connectivity index (χ3n) is 7.11. The van der Waals surface area contributed by atoms with Gasteiger partial charge in [-0.05, 0) is 54.1 Å². The molecule has 0 aliphatic rings. The van der Waals surface area contributed by atoms with Crippen LogP contribution in [0.25, 0.3) is 10.9 Å². The largest absolute Gasteiger partial charge is 0.506 e. The van der Waals surface area contributed by atoms with Gasteiger partial charge in [0.25, 0.3) is 5.56 Å². The van der Waals surface area contributed by atoms with E-state index in [1.54, 1.807) is 31.3 Å². The number of fused-ring (bicyclic) bond motifs is 1. The van der Waals surface area contributed by atoms with Crippen molar-refractivity contribution in [3.05, 3.63) is 131 Å². The first-order chi connectivity index (χ1) is 18.9. The highest BCUT2D eigenvalue weighted by Crippen LogP contribution is 2.39. The van der Waals surface area contributed by atoms with E-state index in [-0.39, 0.29) is 17.7 Å². The van der Waals surface area contributed by atoms with Crippen LogP contribution in [0.5, 0.6) is 5.75 Å². The predicted molar refractivity (Wildman–Crippen MR) is 158 cm³/mol. The maximum Gasteiger partial charge on any atom is 0.265 e. The first-order valence-corrected chi connectivity index (χ1v) is 12.9. The molecule has 0 saturated heterocycles. The lowest BCUT2D eigenvalue weighted by Gasteiger charge is -2.34. The predicted octanol–water partition coefficient (Wildman–Crippen LogP) is 6.46. The Hall–Kier alpha value is -4.84. The SMILES string of the molecule is CN(C)c1ccc([C@H](CC(=O)c2c(O)c3ccccc3n(C)c2=O)N(c2ccccc2)c2ccccc2)cc1. The molecule has 0 aliphatic carbocycles. The minimum absolute atomic E-state index is 0.0216. The first-order valence-electron chi connectivity index (χ1n) is 12.9. The fourth-order valence-corrected chi connectivity index (χ4v) is 5.05. The molecule has 4 aromatic carbocycles. The molecule has 0 fully saturated rings. The summed E-state index contributed by atoms with van der Waals surface area (Å²) in [5.41, 5.74) is 3.65. The first kappa shape index (κ1) is 25.8. The molecule has 0 spiro atoms. The van der Waals surface area contributed by atoms with Gasteiger partial charge in [0.15, 0.2) is 5.78 Å². The lowest BCUT2D eigenvalue weighted by molar-refractivity contribution is 0.0969. The summed E-state index contributed by atoms with van der Waals surface area (Å²) in [5, 5.41) is 11.6. The van der Waals surface area contributed by atoms with Gasteiger partial charge in [-0.1, -0.05) is 60.7 Å². The van der Waals surface area contributed by atoms with E-state index in [4.69, 9.17) is 0 Å². The standard InChI is InChI=1S/C33H31N3O3/c1-34(2)24-20-18-23(19-21-24)29(36(25-12-6-4-7-13-25)26-14-8-5-9-15-26)22-30(37)31-32(38)27-16-10-11-17-28(27)35(3)33(31)39/h4-21,29,38H,22H2,1-3H3/t29-/m0/s1. The smallest absolute Gasteiger partial charge is 0.265 e. The Kier molecular flexibility index (Phi) is 7.19. The van der Waals surface area contributed by atoms with Gasteiger partial charge < -0.3 is 19.5 Å². The second-order valence-corrected chi connectivity index (χ2v) is 9.78. The molecule has 6 heteroatoms. The zero-order valence-corrected chi connectivity index (χ0v) is 22.3. The number of aromatic nitrogens is 1. The Morgan fingerprint density at radius 3 is 1.87 bits per heavy atom. The molecule has 1 aromatic heterocycles. The zero-order chi connectivity index (χ0) is 27.5. The minimum Gasteiger partial charge on any atom is -0.506 e. The number of benzene rings is 4. The number of nitrogens with zero attached hydrogens (tertiary/aromatic N) is 3. The van der Waals surface area contributed by atoms with E-state index in [2.05, 4.69) is 4.90 Å². The number of rotatable bonds is 8. The van der Waals surface area contributed by atoms with Gasteiger partial charge in [-0.15, -0.1) is 0 Å². The maximum atomic E-state index is 14.0. The van der Waals surface area contributed by atoms with Crippen LogP contribution in [-0.4, -0.2) is 29.6 Å². The van der Waals surface area contributed by atoms with Gasteiger partial charge in [-0.3, -0.25) is 9.59 Å². The third-order valence-corrected chi connectivity index (χ3v) is 7.11. The van der Waals surface area contributed by atoms with Gasteiger partial charge >= 0.3 is 0 Å². The van der Waals surface area contributed by atoms with Gasteiger partial charge in [-0.25, -0.2) is 0 Å². The van der Waals surface area contributed by atoms with Gasteiger partial charge in [0, 0.05) is 50.0 Å². The van der Waals surface area contributed by atoms with Crippen LogP contribution in [0.15, 0.2) is 114 Å². The Bertz CT molecular complexity index is 1620. The molecule has 5 aromatic rings. The fourth-order valence-electron chi connectivity index (χ4n) is 5.05. The third kappa shape index (κ3) is 5.01. The van der Waals surface area contributed by atoms with Crippen molar-refractivity contribution in [2.75, 3.05) is 23.9 Å². The number of carbonyl (C=O) groups excluding carboxylic acids is 1. The highest BCUT2D eigenvalue weighted by atomic mass is 16.3. The van der Waals surface area contributed by atoms with E-state index in [1.165, 1.54) is 4.57 Å². The molecule has 0 radical (unpaired) electrons. The van der Waals surface area contributed by atoms with E-state index in [1.807, 2.05) is 104 Å². The number of hydrogen-bond donors (Lipinski definition) is 1. The highest BCUT2D eigenvalue weighted by Gasteiger charge is 2.29. The lowest BCUT2D eigenvalue weighted by atomic mass is 9.94. The molecule has 1 N–H and O–H groups in total. The molecule has 1 atom stereocenters. The summed E-state index contributed by atoms with van der Waals surface area (Å²) in [4.78, 5) is 31.5. The van der Waals surface area contributed by atoms with Gasteiger partial charge in [0.1, 0.15) is 11.3 Å². The average Bonchev–Trinajstić information content (AvgIpc) is 2.97. The minimum atomic E-state index is -0.510. The Balaban J connectivity index is 1.67. The number of Topliss-reactive ketones (excluding diaryl/α,β-unsaturated/α-hetero) is 1. The number of hydrogen-bond acceptors (Lipinski definition) is 5. The summed E-state index contributed by atoms with van der Waals surface area (Å²) in [5.74, 6) is -0.691. The van der Waals surface area contributed by atoms with Crippen molar-refractivity contribution >= 4 is 33.7 Å². The van der Waals surface area contributed by atoms with Crippen molar-refractivity contribution < 1.29 is 9.90 Å². The van der Waals surface area contributed by atoms with E-state index in [0.717, 1.165) is 22.6 Å². The molecule has 5 rings (SSSR count). The van der Waals surface area contributed by atoms with Crippen molar-refractivity contribution in [3.63, 3.8) is 0 Å². The van der Waals surface area contributed by atoms with Gasteiger partial charge in [0.2, 0.25) is 0 Å². The average molecular weight is 518 g/mol. The van der Waals surface area contributed by atoms with Crippen molar-refractivity contribution in [1.82, 2.24) is 4.57 Å². The molecular weight excluding hydrogens is 486 g/mol. The quantitative estimate of drug-likeness (QED) is 0.239. The van der Waals surface area contributed by atoms with Crippen molar-refractivity contribution in [2.24, 2.45) is 7.05 Å². The van der Waals surface area contributed by atoms with Crippen molar-refractivity contribution in [1.29, 1.82) is 0 Å². The second kappa shape index (κ2) is 10.9. The van der Waals surface area contributed by atoms with Crippen LogP contribution < -0.4 is 15.4 Å². The van der Waals surface area contributed by atoms with Crippen LogP contribution in [0.3, 0.4) is 0 Å². The molecule has 196 valence electrons. The molecule has 0 unspecified atom stereocenters. The van der Waals surface area contributed by atoms with Crippen LogP contribution in [0.4, 0.5) is 17.1 Å². The maximum absolute atomic E-state index is 14.0. The molecule has 39 heavy (non-hydrogen) atoms. The molecule has 0 aliphatic heterocycles. The van der Waals surface area contributed by atoms with Crippen LogP contribution in [0.2, 0.25) is 0 Å². The number of pyridine rings is 1. The summed E-state index contributed by atoms with van der Waals surface area (Å²) >= 11 is 0. The number of carbonyl (C=O) groups is 1. The summed E-state index contributed by atoms with van der Waals surface area (Å²) in [6.07, 6.45) is -0.0216. The number of aromatic hydroxyl groups is 1. The van der Waals surface area contributed by atoms with E-state index >= 15 is 0 Å². The van der Waals surface area contributed by atoms with Crippen LogP contribution in [0.1, 0.15) is 28.4 Å². The molecule has 0 amide bonds. The van der Waals surface area contributed by atoms with Crippen LogP contribution in [0, 0.1) is 0 Å². The number of aryl methyl sites for hydroxylation is 1. The zero-order valence-electron chi connectivity index (χ0n) is 22.3. The molecule has 1 heterocycles. The van der Waals surface area contributed by atoms with E-state index in [9.17, 15) is 14.7 Å². The normalized spacial score (nSPS) is 11.8. The molecule has 6 nitrogen and oxygen atoms in total. The molecular formula is C33H31N3O3. The second-order valence-electron chi connectivity index (χ2n) is 9.78. The topological polar surface area (TPSA) is 65.8 Å². The van der Waals surface area contributed by atoms with Gasteiger partial charge in [-0.2, -0.15) is 0 Å². The van der Waals surface area contributed by atoms with E-state index in [0.29, 0.717) is 10.9 Å². The fraction of sp³-hybridized carbons (Fsp3) is 0.152. The molecule has 0 saturated carbocycles. The Morgan fingerprint density at radius 2 is 1.31 bits per heavy atom. The van der Waals surface area contributed by atoms with Crippen LogP contribution in [-0.2, 0) is 7.05 Å². The Morgan fingerprint density at radius 1 is 0.769 bits per heavy atom. The number of anilines is 3. The van der Waals surface area contributed by atoms with E-state index < -0.39 is 17.4 Å². The number of para-hydroxylation sites is 3. The molecule has 0 bridgehead atoms. The Labute approximate surface area is 228 Å².